The number of halogens is 1. The van der Waals surface area contributed by atoms with Gasteiger partial charge < -0.3 is 5.32 Å². The fraction of sp³-hybridized carbons (Fsp3) is 0.111. The molecule has 1 amide bonds. The highest BCUT2D eigenvalue weighted by Gasteiger charge is 2.13. The number of fused-ring (bicyclic) bond motifs is 1. The van der Waals surface area contributed by atoms with Gasteiger partial charge in [0.15, 0.2) is 5.65 Å². The Kier molecular flexibility index (Phi) is 4.51. The van der Waals surface area contributed by atoms with Crippen LogP contribution in [0, 0.1) is 5.82 Å². The summed E-state index contributed by atoms with van der Waals surface area (Å²) in [6.45, 7) is 0.290. The van der Waals surface area contributed by atoms with Crippen LogP contribution in [0.4, 0.5) is 4.39 Å². The van der Waals surface area contributed by atoms with Crippen LogP contribution < -0.4 is 10.9 Å². The second kappa shape index (κ2) is 7.12. The molecule has 4 aromatic rings. The van der Waals surface area contributed by atoms with Gasteiger partial charge in [0.2, 0.25) is 5.91 Å². The summed E-state index contributed by atoms with van der Waals surface area (Å²) in [5, 5.41) is 9.16. The average molecular weight is 383 g/mol. The first kappa shape index (κ1) is 17.1. The van der Waals surface area contributed by atoms with Crippen molar-refractivity contribution in [2.75, 3.05) is 0 Å². The van der Waals surface area contributed by atoms with Gasteiger partial charge in [0, 0.05) is 4.88 Å². The third-order valence-corrected chi connectivity index (χ3v) is 4.86. The predicted molar refractivity (Wildman–Crippen MR) is 99.2 cm³/mol. The molecule has 0 aliphatic carbocycles. The van der Waals surface area contributed by atoms with Crippen molar-refractivity contribution >= 4 is 28.3 Å². The van der Waals surface area contributed by atoms with E-state index in [9.17, 15) is 14.0 Å². The van der Waals surface area contributed by atoms with E-state index in [0.29, 0.717) is 17.9 Å². The van der Waals surface area contributed by atoms with Crippen molar-refractivity contribution in [2.24, 2.45) is 0 Å². The number of thiophene rings is 1. The van der Waals surface area contributed by atoms with Crippen LogP contribution >= 0.6 is 11.3 Å². The fourth-order valence-electron chi connectivity index (χ4n) is 2.64. The second-order valence-corrected chi connectivity index (χ2v) is 6.84. The summed E-state index contributed by atoms with van der Waals surface area (Å²) in [5.41, 5.74) is 0.575. The van der Waals surface area contributed by atoms with Crippen LogP contribution in [0.1, 0.15) is 4.88 Å². The molecule has 0 spiro atoms. The molecule has 1 N–H and O–H groups in total. The van der Waals surface area contributed by atoms with Crippen LogP contribution in [0.5, 0.6) is 0 Å². The van der Waals surface area contributed by atoms with E-state index < -0.39 is 0 Å². The maximum Gasteiger partial charge on any atom is 0.264 e. The van der Waals surface area contributed by atoms with Crippen LogP contribution in [-0.2, 0) is 17.9 Å². The Morgan fingerprint density at radius 1 is 1.22 bits per heavy atom. The molecular formula is C18H14FN5O2S. The first-order valence-electron chi connectivity index (χ1n) is 8.10. The third-order valence-electron chi connectivity index (χ3n) is 3.98. The molecule has 3 heterocycles. The number of hydrogen-bond acceptors (Lipinski definition) is 5. The molecule has 0 fully saturated rings. The second-order valence-electron chi connectivity index (χ2n) is 5.80. The molecule has 0 saturated carbocycles. The topological polar surface area (TPSA) is 81.8 Å². The van der Waals surface area contributed by atoms with Gasteiger partial charge in [-0.2, -0.15) is 5.10 Å². The number of nitrogens with zero attached hydrogens (tertiary/aromatic N) is 4. The van der Waals surface area contributed by atoms with E-state index in [1.54, 1.807) is 23.5 Å². The number of aromatic nitrogens is 4. The van der Waals surface area contributed by atoms with Crippen LogP contribution in [0.2, 0.25) is 0 Å². The van der Waals surface area contributed by atoms with E-state index in [1.165, 1.54) is 33.9 Å². The summed E-state index contributed by atoms with van der Waals surface area (Å²) in [4.78, 5) is 30.0. The van der Waals surface area contributed by atoms with E-state index in [2.05, 4.69) is 15.4 Å². The van der Waals surface area contributed by atoms with E-state index in [4.69, 9.17) is 0 Å². The molecule has 1 aromatic carbocycles. The van der Waals surface area contributed by atoms with Crippen molar-refractivity contribution < 1.29 is 9.18 Å². The highest BCUT2D eigenvalue weighted by Crippen LogP contribution is 2.14. The maximum absolute atomic E-state index is 13.1. The van der Waals surface area contributed by atoms with Gasteiger partial charge in [0.1, 0.15) is 24.1 Å². The summed E-state index contributed by atoms with van der Waals surface area (Å²) < 4.78 is 15.8. The minimum absolute atomic E-state index is 0.130. The summed E-state index contributed by atoms with van der Waals surface area (Å²) in [7, 11) is 0. The standard InChI is InChI=1S/C18H14FN5O2S/c19-12-3-5-13(6-4-12)24-17-15(9-22-24)18(26)23(11-21-17)10-16(25)20-8-14-2-1-7-27-14/h1-7,9,11H,8,10H2,(H,20,25). The van der Waals surface area contributed by atoms with Crippen molar-refractivity contribution in [3.8, 4) is 5.69 Å². The first-order valence-corrected chi connectivity index (χ1v) is 8.98. The molecule has 0 aliphatic heterocycles. The number of benzene rings is 1. The van der Waals surface area contributed by atoms with Gasteiger partial charge in [-0.25, -0.2) is 14.1 Å². The maximum atomic E-state index is 13.1. The first-order chi connectivity index (χ1) is 13.1. The van der Waals surface area contributed by atoms with E-state index in [0.717, 1.165) is 4.88 Å². The van der Waals surface area contributed by atoms with Gasteiger partial charge in [0.05, 0.1) is 18.4 Å². The zero-order valence-electron chi connectivity index (χ0n) is 14.0. The molecule has 136 valence electrons. The SMILES string of the molecule is O=C(Cn1cnc2c(cnn2-c2ccc(F)cc2)c1=O)NCc1cccs1. The summed E-state index contributed by atoms with van der Waals surface area (Å²) in [5.74, 6) is -0.642. The monoisotopic (exact) mass is 383 g/mol. The Morgan fingerprint density at radius 2 is 2.04 bits per heavy atom. The van der Waals surface area contributed by atoms with Crippen LogP contribution in [0.25, 0.3) is 16.7 Å². The zero-order valence-corrected chi connectivity index (χ0v) is 14.8. The lowest BCUT2D eigenvalue weighted by Crippen LogP contribution is -2.32. The van der Waals surface area contributed by atoms with Crippen molar-refractivity contribution in [1.29, 1.82) is 0 Å². The predicted octanol–water partition coefficient (Wildman–Crippen LogP) is 2.10. The Hall–Kier alpha value is -3.33. The van der Waals surface area contributed by atoms with Crippen molar-refractivity contribution in [1.82, 2.24) is 24.6 Å². The van der Waals surface area contributed by atoms with Gasteiger partial charge >= 0.3 is 0 Å². The van der Waals surface area contributed by atoms with E-state index >= 15 is 0 Å². The van der Waals surface area contributed by atoms with Crippen molar-refractivity contribution in [3.05, 3.63) is 75.4 Å². The fourth-order valence-corrected chi connectivity index (χ4v) is 3.29. The molecule has 0 unspecified atom stereocenters. The Morgan fingerprint density at radius 3 is 2.78 bits per heavy atom. The van der Waals surface area contributed by atoms with Crippen molar-refractivity contribution in [2.45, 2.75) is 13.1 Å². The summed E-state index contributed by atoms with van der Waals surface area (Å²) in [6, 6.07) is 9.55. The Labute approximate surface area is 156 Å². The van der Waals surface area contributed by atoms with Gasteiger partial charge in [-0.3, -0.25) is 14.2 Å². The van der Waals surface area contributed by atoms with Gasteiger partial charge in [-0.15, -0.1) is 11.3 Å². The molecular weight excluding hydrogens is 369 g/mol. The normalized spacial score (nSPS) is 11.0. The number of hydrogen-bond donors (Lipinski definition) is 1. The number of rotatable bonds is 5. The highest BCUT2D eigenvalue weighted by atomic mass is 32.1. The van der Waals surface area contributed by atoms with Gasteiger partial charge in [-0.05, 0) is 35.7 Å². The van der Waals surface area contributed by atoms with E-state index in [-0.39, 0.29) is 29.2 Å². The molecule has 4 rings (SSSR count). The Balaban J connectivity index is 1.56. The summed E-state index contributed by atoms with van der Waals surface area (Å²) >= 11 is 1.55. The van der Waals surface area contributed by atoms with Gasteiger partial charge in [0.25, 0.3) is 5.56 Å². The molecule has 0 aliphatic rings. The molecule has 7 nitrogen and oxygen atoms in total. The molecule has 0 saturated heterocycles. The largest absolute Gasteiger partial charge is 0.350 e. The number of carbonyl (C=O) groups is 1. The minimum atomic E-state index is -0.362. The molecule has 0 atom stereocenters. The third kappa shape index (κ3) is 3.49. The van der Waals surface area contributed by atoms with Gasteiger partial charge in [-0.1, -0.05) is 6.07 Å². The van der Waals surface area contributed by atoms with Crippen LogP contribution in [-0.4, -0.2) is 25.2 Å². The quantitative estimate of drug-likeness (QED) is 0.572. The lowest BCUT2D eigenvalue weighted by atomic mass is 10.3. The molecule has 0 bridgehead atoms. The summed E-state index contributed by atoms with van der Waals surface area (Å²) in [6.07, 6.45) is 2.71. The number of amides is 1. The average Bonchev–Trinajstić information content (AvgIpc) is 3.33. The molecule has 27 heavy (non-hydrogen) atoms. The van der Waals surface area contributed by atoms with E-state index in [1.807, 2.05) is 17.5 Å². The van der Waals surface area contributed by atoms with Crippen LogP contribution in [0.3, 0.4) is 0 Å². The Bertz CT molecular complexity index is 1150. The smallest absolute Gasteiger partial charge is 0.264 e. The highest BCUT2D eigenvalue weighted by molar-refractivity contribution is 7.09. The van der Waals surface area contributed by atoms with Crippen LogP contribution in [0.15, 0.2) is 59.1 Å². The zero-order chi connectivity index (χ0) is 18.8. The number of nitrogens with one attached hydrogen (secondary N) is 1. The lowest BCUT2D eigenvalue weighted by Gasteiger charge is -2.07. The molecule has 9 heteroatoms. The lowest BCUT2D eigenvalue weighted by molar-refractivity contribution is -0.121. The van der Waals surface area contributed by atoms with Crippen molar-refractivity contribution in [3.63, 3.8) is 0 Å². The molecule has 0 radical (unpaired) electrons. The molecule has 3 aromatic heterocycles. The number of carbonyl (C=O) groups excluding carboxylic acids is 1. The minimum Gasteiger partial charge on any atom is -0.350 e.